The quantitative estimate of drug-likeness (QED) is 0.842. The van der Waals surface area contributed by atoms with Gasteiger partial charge in [-0.3, -0.25) is 9.59 Å². The molecule has 2 fully saturated rings. The van der Waals surface area contributed by atoms with Crippen molar-refractivity contribution in [2.24, 2.45) is 11.3 Å². The Morgan fingerprint density at radius 1 is 0.923 bits per heavy atom. The van der Waals surface area contributed by atoms with Crippen LogP contribution in [0.1, 0.15) is 54.4 Å². The summed E-state index contributed by atoms with van der Waals surface area (Å²) in [6.45, 7) is 0. The summed E-state index contributed by atoms with van der Waals surface area (Å²) in [4.78, 5) is 26.0. The van der Waals surface area contributed by atoms with E-state index in [4.69, 9.17) is 0 Å². The van der Waals surface area contributed by atoms with Gasteiger partial charge >= 0.3 is 0 Å². The molecule has 0 aliphatic heterocycles. The summed E-state index contributed by atoms with van der Waals surface area (Å²) in [6.07, 6.45) is 3.91. The maximum atomic E-state index is 13.4. The Balaban J connectivity index is 1.76. The Morgan fingerprint density at radius 3 is 2.19 bits per heavy atom. The van der Waals surface area contributed by atoms with E-state index in [1.807, 2.05) is 48.5 Å². The fraction of sp³-hybridized carbons (Fsp3) is 0.391. The lowest BCUT2D eigenvalue weighted by atomic mass is 9.58. The summed E-state index contributed by atoms with van der Waals surface area (Å²) in [5.41, 5.74) is -0.262. The molecule has 3 atom stereocenters. The molecule has 1 spiro atoms. The van der Waals surface area contributed by atoms with Gasteiger partial charge in [-0.1, -0.05) is 60.7 Å². The molecule has 2 saturated carbocycles. The molecule has 0 amide bonds. The molecule has 0 aromatic heterocycles. The van der Waals surface area contributed by atoms with Crippen LogP contribution < -0.4 is 0 Å². The monoisotopic (exact) mass is 348 g/mol. The van der Waals surface area contributed by atoms with Crippen molar-refractivity contribution in [3.63, 3.8) is 0 Å². The Morgan fingerprint density at radius 2 is 1.58 bits per heavy atom. The van der Waals surface area contributed by atoms with Gasteiger partial charge in [-0.15, -0.1) is 0 Å². The van der Waals surface area contributed by atoms with Crippen molar-refractivity contribution in [2.75, 3.05) is 0 Å². The second-order valence-electron chi connectivity index (χ2n) is 7.83. The van der Waals surface area contributed by atoms with Gasteiger partial charge in [0.1, 0.15) is 5.78 Å². The highest BCUT2D eigenvalue weighted by Crippen LogP contribution is 2.55. The van der Waals surface area contributed by atoms with Crippen LogP contribution in [-0.4, -0.2) is 16.7 Å². The van der Waals surface area contributed by atoms with E-state index in [0.717, 1.165) is 18.4 Å². The van der Waals surface area contributed by atoms with Gasteiger partial charge in [-0.25, -0.2) is 0 Å². The van der Waals surface area contributed by atoms with Crippen molar-refractivity contribution >= 4 is 11.6 Å². The highest BCUT2D eigenvalue weighted by Gasteiger charge is 2.55. The first-order valence-corrected chi connectivity index (χ1v) is 9.46. The number of carbonyl (C=O) groups is 2. The lowest BCUT2D eigenvalue weighted by molar-refractivity contribution is -0.134. The molecule has 1 N–H and O–H groups in total. The second-order valence-corrected chi connectivity index (χ2v) is 7.83. The van der Waals surface area contributed by atoms with Crippen LogP contribution in [0.2, 0.25) is 0 Å². The fourth-order valence-electron chi connectivity index (χ4n) is 4.92. The van der Waals surface area contributed by atoms with Crippen molar-refractivity contribution in [3.8, 4) is 0 Å². The van der Waals surface area contributed by atoms with Crippen molar-refractivity contribution in [1.29, 1.82) is 0 Å². The van der Waals surface area contributed by atoms with Crippen molar-refractivity contribution in [3.05, 3.63) is 71.8 Å². The molecule has 2 aromatic carbocycles. The zero-order valence-corrected chi connectivity index (χ0v) is 14.9. The van der Waals surface area contributed by atoms with Crippen LogP contribution in [0.3, 0.4) is 0 Å². The van der Waals surface area contributed by atoms with Gasteiger partial charge in [0, 0.05) is 17.4 Å². The van der Waals surface area contributed by atoms with Gasteiger partial charge in [-0.05, 0) is 37.7 Å². The van der Waals surface area contributed by atoms with Crippen molar-refractivity contribution in [1.82, 2.24) is 0 Å². The maximum Gasteiger partial charge on any atom is 0.169 e. The predicted octanol–water partition coefficient (Wildman–Crippen LogP) is 4.30. The SMILES string of the molecule is O=C(c1ccccc1)[C@H]1C[C@]2(CCCC2=O)CC[C@]1(O)c1ccccc1. The largest absolute Gasteiger partial charge is 0.384 e. The number of hydrogen-bond donors (Lipinski definition) is 1. The van der Waals surface area contributed by atoms with Crippen molar-refractivity contribution in [2.45, 2.75) is 44.1 Å². The first kappa shape index (κ1) is 17.2. The van der Waals surface area contributed by atoms with Crippen LogP contribution in [-0.2, 0) is 10.4 Å². The Bertz CT molecular complexity index is 814. The Labute approximate surface area is 154 Å². The standard InChI is InChI=1S/C23H24O3/c24-20-12-7-13-22(20)14-15-23(26,18-10-5-2-6-11-18)19(16-22)21(25)17-8-3-1-4-9-17/h1-6,8-11,19,26H,7,12-16H2/t19-,22+,23+/m1/s1. The molecule has 2 aromatic rings. The number of Topliss-reactive ketones (excluding diaryl/α,β-unsaturated/α-hetero) is 2. The summed E-state index contributed by atoms with van der Waals surface area (Å²) in [7, 11) is 0. The molecule has 0 bridgehead atoms. The first-order valence-electron chi connectivity index (χ1n) is 9.46. The normalized spacial score (nSPS) is 31.3. The average molecular weight is 348 g/mol. The first-order chi connectivity index (χ1) is 12.6. The zero-order chi connectivity index (χ0) is 18.2. The van der Waals surface area contributed by atoms with Crippen LogP contribution in [0.4, 0.5) is 0 Å². The lowest BCUT2D eigenvalue weighted by Crippen LogP contribution is -2.49. The fourth-order valence-corrected chi connectivity index (χ4v) is 4.92. The van der Waals surface area contributed by atoms with Gasteiger partial charge < -0.3 is 5.11 Å². The zero-order valence-electron chi connectivity index (χ0n) is 14.9. The second kappa shape index (κ2) is 6.48. The van der Waals surface area contributed by atoms with Crippen LogP contribution in [0.5, 0.6) is 0 Å². The molecule has 26 heavy (non-hydrogen) atoms. The third kappa shape index (κ3) is 2.71. The minimum Gasteiger partial charge on any atom is -0.384 e. The average Bonchev–Trinajstić information content (AvgIpc) is 3.05. The van der Waals surface area contributed by atoms with Gasteiger partial charge in [0.2, 0.25) is 0 Å². The minimum atomic E-state index is -1.22. The van der Waals surface area contributed by atoms with E-state index in [9.17, 15) is 14.7 Å². The van der Waals surface area contributed by atoms with Crippen LogP contribution in [0.15, 0.2) is 60.7 Å². The summed E-state index contributed by atoms with van der Waals surface area (Å²) < 4.78 is 0. The molecule has 2 aliphatic carbocycles. The van der Waals surface area contributed by atoms with E-state index in [-0.39, 0.29) is 11.6 Å². The van der Waals surface area contributed by atoms with E-state index >= 15 is 0 Å². The van der Waals surface area contributed by atoms with Gasteiger partial charge in [0.15, 0.2) is 5.78 Å². The number of hydrogen-bond acceptors (Lipinski definition) is 3. The van der Waals surface area contributed by atoms with Crippen LogP contribution in [0, 0.1) is 11.3 Å². The predicted molar refractivity (Wildman–Crippen MR) is 99.7 cm³/mol. The Hall–Kier alpha value is -2.26. The van der Waals surface area contributed by atoms with Gasteiger partial charge in [-0.2, -0.15) is 0 Å². The molecule has 134 valence electrons. The molecule has 0 saturated heterocycles. The van der Waals surface area contributed by atoms with E-state index in [1.54, 1.807) is 12.1 Å². The smallest absolute Gasteiger partial charge is 0.169 e. The molecular formula is C23H24O3. The molecule has 0 heterocycles. The van der Waals surface area contributed by atoms with Gasteiger partial charge in [0.25, 0.3) is 0 Å². The third-order valence-electron chi connectivity index (χ3n) is 6.46. The Kier molecular flexibility index (Phi) is 4.28. The molecular weight excluding hydrogens is 324 g/mol. The molecule has 0 radical (unpaired) electrons. The topological polar surface area (TPSA) is 54.4 Å². The number of aliphatic hydroxyl groups is 1. The van der Waals surface area contributed by atoms with Gasteiger partial charge in [0.05, 0.1) is 11.5 Å². The highest BCUT2D eigenvalue weighted by molar-refractivity contribution is 5.99. The van der Waals surface area contributed by atoms with Crippen LogP contribution >= 0.6 is 0 Å². The summed E-state index contributed by atoms with van der Waals surface area (Å²) in [5.74, 6) is -0.377. The van der Waals surface area contributed by atoms with Crippen LogP contribution in [0.25, 0.3) is 0 Å². The number of benzene rings is 2. The van der Waals surface area contributed by atoms with Crippen molar-refractivity contribution < 1.29 is 14.7 Å². The third-order valence-corrected chi connectivity index (χ3v) is 6.46. The minimum absolute atomic E-state index is 0.0595. The van der Waals surface area contributed by atoms with E-state index < -0.39 is 16.9 Å². The number of ketones is 2. The number of carbonyl (C=O) groups excluding carboxylic acids is 2. The summed E-state index contributed by atoms with van der Waals surface area (Å²) in [5, 5.41) is 11.6. The number of rotatable bonds is 3. The van der Waals surface area contributed by atoms with E-state index in [0.29, 0.717) is 31.2 Å². The highest BCUT2D eigenvalue weighted by atomic mass is 16.3. The summed E-state index contributed by atoms with van der Waals surface area (Å²) >= 11 is 0. The van der Waals surface area contributed by atoms with E-state index in [2.05, 4.69) is 0 Å². The molecule has 0 unspecified atom stereocenters. The molecule has 2 aliphatic rings. The molecule has 3 nitrogen and oxygen atoms in total. The summed E-state index contributed by atoms with van der Waals surface area (Å²) in [6, 6.07) is 18.6. The maximum absolute atomic E-state index is 13.4. The lowest BCUT2D eigenvalue weighted by Gasteiger charge is -2.46. The molecule has 3 heteroatoms. The van der Waals surface area contributed by atoms with E-state index in [1.165, 1.54) is 0 Å². The molecule has 4 rings (SSSR count).